The van der Waals surface area contributed by atoms with Crippen LogP contribution in [0.25, 0.3) is 0 Å². The van der Waals surface area contributed by atoms with Crippen LogP contribution in [0, 0.1) is 6.92 Å². The summed E-state index contributed by atoms with van der Waals surface area (Å²) in [6, 6.07) is 7.14. The minimum absolute atomic E-state index is 0.0734. The van der Waals surface area contributed by atoms with Crippen molar-refractivity contribution in [3.63, 3.8) is 0 Å². The highest BCUT2D eigenvalue weighted by Crippen LogP contribution is 2.32. The van der Waals surface area contributed by atoms with Crippen LogP contribution < -0.4 is 10.1 Å². The minimum atomic E-state index is 0.0734. The van der Waals surface area contributed by atoms with Gasteiger partial charge in [0.25, 0.3) is 0 Å². The summed E-state index contributed by atoms with van der Waals surface area (Å²) in [5.74, 6) is 0.969. The molecule has 1 aliphatic carbocycles. The number of aryl methyl sites for hydroxylation is 1. The molecule has 1 atom stereocenters. The number of benzene rings is 1. The van der Waals surface area contributed by atoms with Crippen LogP contribution in [-0.2, 0) is 5.41 Å². The van der Waals surface area contributed by atoms with Gasteiger partial charge >= 0.3 is 0 Å². The van der Waals surface area contributed by atoms with Crippen molar-refractivity contribution in [2.45, 2.75) is 64.5 Å². The molecule has 1 saturated carbocycles. The summed E-state index contributed by atoms with van der Waals surface area (Å²) in [7, 11) is 0. The van der Waals surface area contributed by atoms with Crippen molar-refractivity contribution in [1.29, 1.82) is 0 Å². The molecule has 0 amide bonds. The highest BCUT2D eigenvalue weighted by Gasteiger charge is 2.24. The summed E-state index contributed by atoms with van der Waals surface area (Å²) in [6.45, 7) is 9.55. The van der Waals surface area contributed by atoms with E-state index in [1.807, 2.05) is 0 Å². The highest BCUT2D eigenvalue weighted by molar-refractivity contribution is 5.41. The first-order chi connectivity index (χ1) is 9.90. The second kappa shape index (κ2) is 6.80. The van der Waals surface area contributed by atoms with Gasteiger partial charge in [-0.1, -0.05) is 38.5 Å². The summed E-state index contributed by atoms with van der Waals surface area (Å²) >= 11 is 0. The quantitative estimate of drug-likeness (QED) is 0.811. The van der Waals surface area contributed by atoms with Crippen LogP contribution in [0.3, 0.4) is 0 Å². The molecule has 0 aromatic heterocycles. The van der Waals surface area contributed by atoms with E-state index >= 15 is 0 Å². The number of ether oxygens (including phenoxy) is 1. The smallest absolute Gasteiger partial charge is 0.123 e. The molecule has 0 radical (unpaired) electrons. The third-order valence-electron chi connectivity index (χ3n) is 3.94. The number of hydrogen-bond donors (Lipinski definition) is 2. The average molecular weight is 291 g/mol. The van der Waals surface area contributed by atoms with E-state index < -0.39 is 0 Å². The maximum Gasteiger partial charge on any atom is 0.123 e. The Morgan fingerprint density at radius 1 is 1.33 bits per heavy atom. The van der Waals surface area contributed by atoms with Crippen molar-refractivity contribution in [2.75, 3.05) is 13.2 Å². The summed E-state index contributed by atoms with van der Waals surface area (Å²) < 4.78 is 6.00. The first-order valence-electron chi connectivity index (χ1n) is 8.01. The lowest BCUT2D eigenvalue weighted by atomic mass is 9.85. The Morgan fingerprint density at radius 3 is 2.62 bits per heavy atom. The largest absolute Gasteiger partial charge is 0.493 e. The number of rotatable bonds is 7. The summed E-state index contributed by atoms with van der Waals surface area (Å²) in [4.78, 5) is 0. The van der Waals surface area contributed by atoms with Gasteiger partial charge in [0.05, 0.1) is 13.2 Å². The van der Waals surface area contributed by atoms with Gasteiger partial charge in [-0.2, -0.15) is 0 Å². The van der Waals surface area contributed by atoms with Gasteiger partial charge in [-0.05, 0) is 43.2 Å². The molecule has 2 rings (SSSR count). The zero-order valence-electron chi connectivity index (χ0n) is 13.8. The van der Waals surface area contributed by atoms with Gasteiger partial charge in [-0.15, -0.1) is 0 Å². The second-order valence-corrected chi connectivity index (χ2v) is 7.21. The fourth-order valence-corrected chi connectivity index (χ4v) is 2.48. The van der Waals surface area contributed by atoms with Crippen molar-refractivity contribution in [3.05, 3.63) is 29.3 Å². The Morgan fingerprint density at radius 2 is 2.05 bits per heavy atom. The molecular formula is C18H29NO2. The van der Waals surface area contributed by atoms with Gasteiger partial charge < -0.3 is 15.2 Å². The molecule has 1 aromatic rings. The normalized spacial score (nSPS) is 16.8. The lowest BCUT2D eigenvalue weighted by molar-refractivity contribution is 0.206. The molecule has 21 heavy (non-hydrogen) atoms. The molecule has 0 saturated heterocycles. The van der Waals surface area contributed by atoms with E-state index in [1.165, 1.54) is 24.0 Å². The molecule has 0 spiro atoms. The molecule has 3 heteroatoms. The van der Waals surface area contributed by atoms with Gasteiger partial charge in [-0.3, -0.25) is 0 Å². The van der Waals surface area contributed by atoms with Crippen LogP contribution >= 0.6 is 0 Å². The van der Waals surface area contributed by atoms with Crippen molar-refractivity contribution in [2.24, 2.45) is 0 Å². The predicted octanol–water partition coefficient (Wildman–Crippen LogP) is 3.17. The molecule has 2 N–H and O–H groups in total. The van der Waals surface area contributed by atoms with Gasteiger partial charge in [0.1, 0.15) is 5.75 Å². The van der Waals surface area contributed by atoms with Crippen molar-refractivity contribution >= 4 is 0 Å². The predicted molar refractivity (Wildman–Crippen MR) is 87.0 cm³/mol. The molecule has 1 aliphatic rings. The molecule has 3 nitrogen and oxygen atoms in total. The van der Waals surface area contributed by atoms with E-state index in [9.17, 15) is 5.11 Å². The zero-order valence-corrected chi connectivity index (χ0v) is 13.8. The standard InChI is InChI=1S/C18H29NO2/c1-13-5-8-17(16(11-13)18(2,3)4)21-10-9-15(12-20)19-14-6-7-14/h5,8,11,14-15,19-20H,6-7,9-10,12H2,1-4H3. The molecule has 0 bridgehead atoms. The van der Waals surface area contributed by atoms with Crippen molar-refractivity contribution in [3.8, 4) is 5.75 Å². The van der Waals surface area contributed by atoms with E-state index in [4.69, 9.17) is 4.74 Å². The topological polar surface area (TPSA) is 41.5 Å². The Bertz CT molecular complexity index is 461. The van der Waals surface area contributed by atoms with Crippen LogP contribution in [0.4, 0.5) is 0 Å². The second-order valence-electron chi connectivity index (χ2n) is 7.21. The van der Waals surface area contributed by atoms with E-state index in [0.29, 0.717) is 12.6 Å². The van der Waals surface area contributed by atoms with E-state index in [0.717, 1.165) is 12.2 Å². The van der Waals surface area contributed by atoms with Crippen LogP contribution in [0.5, 0.6) is 5.75 Å². The number of aliphatic hydroxyl groups is 1. The highest BCUT2D eigenvalue weighted by atomic mass is 16.5. The van der Waals surface area contributed by atoms with Crippen molar-refractivity contribution < 1.29 is 9.84 Å². The third-order valence-corrected chi connectivity index (χ3v) is 3.94. The Balaban J connectivity index is 1.92. The SMILES string of the molecule is Cc1ccc(OCCC(CO)NC2CC2)c(C(C)(C)C)c1. The van der Waals surface area contributed by atoms with Gasteiger partial charge in [0.2, 0.25) is 0 Å². The fraction of sp³-hybridized carbons (Fsp3) is 0.667. The first kappa shape index (κ1) is 16.3. The molecule has 0 heterocycles. The maximum absolute atomic E-state index is 9.40. The molecule has 118 valence electrons. The maximum atomic E-state index is 9.40. The average Bonchev–Trinajstić information content (AvgIpc) is 3.22. The van der Waals surface area contributed by atoms with E-state index in [-0.39, 0.29) is 18.1 Å². The number of hydrogen-bond acceptors (Lipinski definition) is 3. The first-order valence-corrected chi connectivity index (χ1v) is 8.01. The molecule has 0 aliphatic heterocycles. The van der Waals surface area contributed by atoms with Gasteiger partial charge in [0.15, 0.2) is 0 Å². The molecular weight excluding hydrogens is 262 g/mol. The van der Waals surface area contributed by atoms with Crippen molar-refractivity contribution in [1.82, 2.24) is 5.32 Å². The summed E-state index contributed by atoms with van der Waals surface area (Å²) in [5.41, 5.74) is 2.58. The van der Waals surface area contributed by atoms with E-state index in [2.05, 4.69) is 51.2 Å². The Labute approximate surface area is 128 Å². The minimum Gasteiger partial charge on any atom is -0.493 e. The van der Waals surface area contributed by atoms with Gasteiger partial charge in [0, 0.05) is 12.1 Å². The summed E-state index contributed by atoms with van der Waals surface area (Å²) in [6.07, 6.45) is 3.32. The number of nitrogens with one attached hydrogen (secondary N) is 1. The van der Waals surface area contributed by atoms with Crippen LogP contribution in [0.1, 0.15) is 51.2 Å². The third kappa shape index (κ3) is 5.01. The molecule has 1 aromatic carbocycles. The van der Waals surface area contributed by atoms with E-state index in [1.54, 1.807) is 0 Å². The Kier molecular flexibility index (Phi) is 5.28. The van der Waals surface area contributed by atoms with Gasteiger partial charge in [-0.25, -0.2) is 0 Å². The lowest BCUT2D eigenvalue weighted by Gasteiger charge is -2.24. The van der Waals surface area contributed by atoms with Crippen LogP contribution in [-0.4, -0.2) is 30.4 Å². The Hall–Kier alpha value is -1.06. The lowest BCUT2D eigenvalue weighted by Crippen LogP contribution is -2.35. The monoisotopic (exact) mass is 291 g/mol. The summed E-state index contributed by atoms with van der Waals surface area (Å²) in [5, 5.41) is 12.9. The fourth-order valence-electron chi connectivity index (χ4n) is 2.48. The number of aliphatic hydroxyl groups excluding tert-OH is 1. The molecule has 1 unspecified atom stereocenters. The zero-order chi connectivity index (χ0) is 15.5. The van der Waals surface area contributed by atoms with Crippen LogP contribution in [0.2, 0.25) is 0 Å². The molecule has 1 fully saturated rings. The van der Waals surface area contributed by atoms with Crippen LogP contribution in [0.15, 0.2) is 18.2 Å².